The molecule has 0 amide bonds. The first-order valence-electron chi connectivity index (χ1n) is 11.8. The molecule has 0 aliphatic carbocycles. The minimum Gasteiger partial charge on any atom is -0.253 e. The van der Waals surface area contributed by atoms with Gasteiger partial charge in [0.2, 0.25) is 0 Å². The Morgan fingerprint density at radius 1 is 0.472 bits per heavy atom. The molecule has 0 spiro atoms. The standard InChI is InChI=1S/C30H22N6/c1-3-22-23(4-2)34-28(16-31-22)19-13-20(29-17-32-24-9-5-7-11-26(24)35-29)15-21(14-19)30-18-33-25-10-6-8-12-27(25)36-30/h3-18H,1-2H3/b22-3+,23-4+. The molecule has 3 heterocycles. The average Bonchev–Trinajstić information content (AvgIpc) is 2.96. The Balaban J connectivity index is 1.58. The van der Waals surface area contributed by atoms with Crippen LogP contribution in [-0.2, 0) is 0 Å². The number of benzene rings is 3. The van der Waals surface area contributed by atoms with Gasteiger partial charge in [0.15, 0.2) is 0 Å². The minimum atomic E-state index is 0.777. The summed E-state index contributed by atoms with van der Waals surface area (Å²) in [7, 11) is 0. The van der Waals surface area contributed by atoms with Crippen molar-refractivity contribution in [1.82, 2.24) is 29.9 Å². The van der Waals surface area contributed by atoms with Gasteiger partial charge in [0.1, 0.15) is 0 Å². The van der Waals surface area contributed by atoms with Crippen molar-refractivity contribution in [3.63, 3.8) is 0 Å². The first-order chi connectivity index (χ1) is 17.7. The summed E-state index contributed by atoms with van der Waals surface area (Å²) in [5.41, 5.74) is 8.51. The van der Waals surface area contributed by atoms with Gasteiger partial charge >= 0.3 is 0 Å². The zero-order chi connectivity index (χ0) is 24.5. The molecule has 0 aliphatic heterocycles. The number of hydrogen-bond donors (Lipinski definition) is 0. The Hall–Kier alpha value is -4.84. The lowest BCUT2D eigenvalue weighted by Gasteiger charge is -2.10. The quantitative estimate of drug-likeness (QED) is 0.367. The van der Waals surface area contributed by atoms with E-state index in [9.17, 15) is 0 Å². The molecule has 172 valence electrons. The lowest BCUT2D eigenvalue weighted by Crippen LogP contribution is -2.31. The van der Waals surface area contributed by atoms with E-state index in [1.54, 1.807) is 0 Å². The molecule has 6 nitrogen and oxygen atoms in total. The van der Waals surface area contributed by atoms with Crippen molar-refractivity contribution < 1.29 is 0 Å². The van der Waals surface area contributed by atoms with Gasteiger partial charge in [-0.1, -0.05) is 36.4 Å². The summed E-state index contributed by atoms with van der Waals surface area (Å²) in [6.07, 6.45) is 9.36. The van der Waals surface area contributed by atoms with Gasteiger partial charge in [-0.3, -0.25) is 15.0 Å². The maximum absolute atomic E-state index is 4.88. The third-order valence-electron chi connectivity index (χ3n) is 6.09. The predicted molar refractivity (Wildman–Crippen MR) is 144 cm³/mol. The summed E-state index contributed by atoms with van der Waals surface area (Å²) in [5.74, 6) is 0. The second-order valence-electron chi connectivity index (χ2n) is 8.39. The third-order valence-corrected chi connectivity index (χ3v) is 6.09. The van der Waals surface area contributed by atoms with Crippen molar-refractivity contribution >= 4 is 34.2 Å². The van der Waals surface area contributed by atoms with Crippen molar-refractivity contribution in [2.45, 2.75) is 13.8 Å². The second-order valence-corrected chi connectivity index (χ2v) is 8.39. The van der Waals surface area contributed by atoms with Crippen LogP contribution in [-0.4, -0.2) is 29.9 Å². The van der Waals surface area contributed by atoms with Crippen LogP contribution < -0.4 is 10.7 Å². The van der Waals surface area contributed by atoms with E-state index >= 15 is 0 Å². The number of para-hydroxylation sites is 4. The van der Waals surface area contributed by atoms with Gasteiger partial charge in [-0.05, 0) is 56.3 Å². The fraction of sp³-hybridized carbons (Fsp3) is 0.0667. The third kappa shape index (κ3) is 3.99. The SMILES string of the molecule is C/C=c1/ncc(-c2cc(-c3cnc4ccccc4n3)cc(-c3cnc4ccccc4n3)c2)n/c1=C/C. The van der Waals surface area contributed by atoms with Crippen molar-refractivity contribution in [1.29, 1.82) is 0 Å². The van der Waals surface area contributed by atoms with Crippen molar-refractivity contribution in [2.75, 3.05) is 0 Å². The van der Waals surface area contributed by atoms with Crippen LogP contribution in [0.2, 0.25) is 0 Å². The number of rotatable bonds is 3. The minimum absolute atomic E-state index is 0.777. The topological polar surface area (TPSA) is 77.3 Å². The molecular weight excluding hydrogens is 444 g/mol. The second kappa shape index (κ2) is 9.07. The van der Waals surface area contributed by atoms with Gasteiger partial charge in [0.25, 0.3) is 0 Å². The lowest BCUT2D eigenvalue weighted by atomic mass is 10.00. The maximum Gasteiger partial charge on any atom is 0.0894 e. The molecule has 0 bridgehead atoms. The van der Waals surface area contributed by atoms with Crippen LogP contribution >= 0.6 is 0 Å². The zero-order valence-corrected chi connectivity index (χ0v) is 19.9. The monoisotopic (exact) mass is 466 g/mol. The largest absolute Gasteiger partial charge is 0.253 e. The Morgan fingerprint density at radius 3 is 1.36 bits per heavy atom. The summed E-state index contributed by atoms with van der Waals surface area (Å²) in [6, 6.07) is 22.0. The van der Waals surface area contributed by atoms with Crippen molar-refractivity contribution in [2.24, 2.45) is 0 Å². The van der Waals surface area contributed by atoms with E-state index in [2.05, 4.69) is 33.2 Å². The molecule has 0 atom stereocenters. The van der Waals surface area contributed by atoms with Crippen LogP contribution in [0.25, 0.3) is 68.0 Å². The molecule has 6 aromatic rings. The maximum atomic E-state index is 4.88. The van der Waals surface area contributed by atoms with Crippen LogP contribution in [0.3, 0.4) is 0 Å². The smallest absolute Gasteiger partial charge is 0.0894 e. The molecule has 0 saturated heterocycles. The van der Waals surface area contributed by atoms with Crippen LogP contribution in [0.1, 0.15) is 13.8 Å². The van der Waals surface area contributed by atoms with E-state index in [4.69, 9.17) is 15.0 Å². The van der Waals surface area contributed by atoms with E-state index in [1.807, 2.05) is 93.1 Å². The van der Waals surface area contributed by atoms with E-state index in [0.29, 0.717) is 0 Å². The summed E-state index contributed by atoms with van der Waals surface area (Å²) in [4.78, 5) is 28.5. The zero-order valence-electron chi connectivity index (χ0n) is 19.9. The van der Waals surface area contributed by atoms with E-state index in [-0.39, 0.29) is 0 Å². The first-order valence-corrected chi connectivity index (χ1v) is 11.8. The number of hydrogen-bond acceptors (Lipinski definition) is 6. The summed E-state index contributed by atoms with van der Waals surface area (Å²) >= 11 is 0. The average molecular weight is 467 g/mol. The van der Waals surface area contributed by atoms with E-state index < -0.39 is 0 Å². The molecule has 3 aromatic heterocycles. The summed E-state index contributed by atoms with van der Waals surface area (Å²) < 4.78 is 0. The van der Waals surface area contributed by atoms with Gasteiger partial charge in [0.05, 0.1) is 68.4 Å². The normalized spacial score (nSPS) is 12.5. The fourth-order valence-corrected chi connectivity index (χ4v) is 4.25. The highest BCUT2D eigenvalue weighted by Crippen LogP contribution is 2.31. The lowest BCUT2D eigenvalue weighted by molar-refractivity contribution is 1.10. The predicted octanol–water partition coefficient (Wildman–Crippen LogP) is 4.96. The Labute approximate surface area is 207 Å². The molecule has 0 unspecified atom stereocenters. The van der Waals surface area contributed by atoms with Crippen molar-refractivity contribution in [3.05, 3.63) is 96.0 Å². The molecule has 6 rings (SSSR count). The Morgan fingerprint density at radius 2 is 0.889 bits per heavy atom. The fourth-order valence-electron chi connectivity index (χ4n) is 4.25. The van der Waals surface area contributed by atoms with Gasteiger partial charge in [-0.15, -0.1) is 0 Å². The highest BCUT2D eigenvalue weighted by molar-refractivity contribution is 5.83. The highest BCUT2D eigenvalue weighted by atomic mass is 14.8. The van der Waals surface area contributed by atoms with E-state index in [0.717, 1.165) is 66.5 Å². The van der Waals surface area contributed by atoms with Crippen LogP contribution in [0.4, 0.5) is 0 Å². The van der Waals surface area contributed by atoms with E-state index in [1.165, 1.54) is 0 Å². The van der Waals surface area contributed by atoms with Crippen LogP contribution in [0.5, 0.6) is 0 Å². The molecule has 0 radical (unpaired) electrons. The van der Waals surface area contributed by atoms with Gasteiger partial charge in [-0.25, -0.2) is 15.0 Å². The first kappa shape index (κ1) is 21.7. The van der Waals surface area contributed by atoms with Crippen LogP contribution in [0.15, 0.2) is 85.3 Å². The number of nitrogens with zero attached hydrogens (tertiary/aromatic N) is 6. The molecule has 0 N–H and O–H groups in total. The van der Waals surface area contributed by atoms with Gasteiger partial charge < -0.3 is 0 Å². The van der Waals surface area contributed by atoms with Gasteiger partial charge in [0, 0.05) is 16.7 Å². The number of fused-ring (bicyclic) bond motifs is 2. The van der Waals surface area contributed by atoms with Crippen molar-refractivity contribution in [3.8, 4) is 33.8 Å². The Kier molecular flexibility index (Phi) is 5.46. The molecule has 6 heteroatoms. The Bertz CT molecular complexity index is 1780. The summed E-state index contributed by atoms with van der Waals surface area (Å²) in [6.45, 7) is 3.93. The molecule has 0 fully saturated rings. The number of aromatic nitrogens is 6. The van der Waals surface area contributed by atoms with Crippen LogP contribution in [0, 0.1) is 0 Å². The highest BCUT2D eigenvalue weighted by Gasteiger charge is 2.12. The van der Waals surface area contributed by atoms with Gasteiger partial charge in [-0.2, -0.15) is 0 Å². The molecule has 36 heavy (non-hydrogen) atoms. The summed E-state index contributed by atoms with van der Waals surface area (Å²) in [5, 5.41) is 1.70. The molecule has 0 aliphatic rings. The molecule has 0 saturated carbocycles. The molecule has 3 aromatic carbocycles. The molecular formula is C30H22N6.